The van der Waals surface area contributed by atoms with Gasteiger partial charge in [0.05, 0.1) is 25.0 Å². The predicted molar refractivity (Wildman–Crippen MR) is 117 cm³/mol. The zero-order valence-corrected chi connectivity index (χ0v) is 18.0. The van der Waals surface area contributed by atoms with Gasteiger partial charge in [0.1, 0.15) is 29.2 Å². The Balaban J connectivity index is 1.40. The molecule has 164 valence electrons. The summed E-state index contributed by atoms with van der Waals surface area (Å²) in [5.41, 5.74) is 7.49. The van der Waals surface area contributed by atoms with Crippen LogP contribution in [0.25, 0.3) is 5.52 Å². The average molecular weight is 432 g/mol. The number of amidine groups is 1. The van der Waals surface area contributed by atoms with E-state index < -0.39 is 16.6 Å². The number of carbonyl (C=O) groups excluding carboxylic acids is 1. The summed E-state index contributed by atoms with van der Waals surface area (Å²) in [6, 6.07) is 11.7. The molecule has 8 heteroatoms. The Kier molecular flexibility index (Phi) is 3.81. The third-order valence-electron chi connectivity index (χ3n) is 7.29. The molecule has 8 nitrogen and oxygen atoms in total. The van der Waals surface area contributed by atoms with Crippen molar-refractivity contribution in [3.05, 3.63) is 65.7 Å². The van der Waals surface area contributed by atoms with Crippen molar-refractivity contribution < 1.29 is 19.0 Å². The van der Waals surface area contributed by atoms with E-state index in [0.717, 1.165) is 22.4 Å². The molecule has 2 spiro atoms. The molecule has 0 radical (unpaired) electrons. The molecule has 1 aromatic carbocycles. The largest absolute Gasteiger partial charge is 0.487 e. The lowest BCUT2D eigenvalue weighted by Crippen LogP contribution is -2.71. The van der Waals surface area contributed by atoms with Gasteiger partial charge in [0, 0.05) is 23.7 Å². The molecular weight excluding hydrogens is 408 g/mol. The second-order valence-corrected chi connectivity index (χ2v) is 9.33. The zero-order valence-electron chi connectivity index (χ0n) is 18.0. The number of hydrogen-bond donors (Lipinski definition) is 1. The number of nitrogens with two attached hydrogens (primary N) is 1. The van der Waals surface area contributed by atoms with Gasteiger partial charge in [-0.3, -0.25) is 4.79 Å². The second-order valence-electron chi connectivity index (χ2n) is 9.33. The van der Waals surface area contributed by atoms with Crippen molar-refractivity contribution in [3.63, 3.8) is 0 Å². The number of ether oxygens (including phenoxy) is 3. The number of fused-ring (bicyclic) bond motifs is 4. The van der Waals surface area contributed by atoms with Gasteiger partial charge in [0.25, 0.3) is 6.02 Å². The van der Waals surface area contributed by atoms with Crippen LogP contribution < -0.4 is 10.5 Å². The molecule has 0 aliphatic carbocycles. The van der Waals surface area contributed by atoms with Crippen LogP contribution in [0.2, 0.25) is 0 Å². The van der Waals surface area contributed by atoms with Crippen LogP contribution in [-0.2, 0) is 21.4 Å². The summed E-state index contributed by atoms with van der Waals surface area (Å²) in [5.74, 6) is 0.686. The molecule has 1 atom stereocenters. The van der Waals surface area contributed by atoms with Gasteiger partial charge in [-0.1, -0.05) is 6.07 Å². The number of carbonyl (C=O) groups is 1. The first kappa shape index (κ1) is 19.3. The molecule has 1 unspecified atom stereocenters. The third-order valence-corrected chi connectivity index (χ3v) is 7.29. The van der Waals surface area contributed by atoms with Crippen LogP contribution in [-0.4, -0.2) is 46.6 Å². The minimum atomic E-state index is -0.714. The van der Waals surface area contributed by atoms with Gasteiger partial charge in [0.2, 0.25) is 0 Å². The number of benzene rings is 1. The van der Waals surface area contributed by atoms with Crippen LogP contribution in [0.3, 0.4) is 0 Å². The molecule has 3 aliphatic rings. The van der Waals surface area contributed by atoms with E-state index in [4.69, 9.17) is 24.9 Å². The van der Waals surface area contributed by atoms with E-state index in [0.29, 0.717) is 25.5 Å². The Morgan fingerprint density at radius 2 is 2.03 bits per heavy atom. The van der Waals surface area contributed by atoms with E-state index >= 15 is 0 Å². The molecule has 0 saturated carbocycles. The van der Waals surface area contributed by atoms with E-state index in [1.807, 2.05) is 47.0 Å². The first-order chi connectivity index (χ1) is 15.3. The van der Waals surface area contributed by atoms with Crippen molar-refractivity contribution in [2.24, 2.45) is 16.1 Å². The summed E-state index contributed by atoms with van der Waals surface area (Å²) < 4.78 is 19.7. The lowest BCUT2D eigenvalue weighted by Gasteiger charge is -2.61. The summed E-state index contributed by atoms with van der Waals surface area (Å²) in [6.07, 6.45) is 3.78. The van der Waals surface area contributed by atoms with E-state index in [1.54, 1.807) is 6.33 Å². The summed E-state index contributed by atoms with van der Waals surface area (Å²) in [6.45, 7) is 5.45. The quantitative estimate of drug-likeness (QED) is 0.639. The number of aliphatic imine (C=N–C) groups is 1. The van der Waals surface area contributed by atoms with Crippen molar-refractivity contribution in [1.82, 2.24) is 9.38 Å². The Hall–Kier alpha value is -3.39. The molecule has 0 amide bonds. The van der Waals surface area contributed by atoms with Crippen LogP contribution in [0.1, 0.15) is 35.5 Å². The lowest BCUT2D eigenvalue weighted by atomic mass is 9.55. The first-order valence-corrected chi connectivity index (χ1v) is 10.7. The SMILES string of the molecule is CC1(C)Oc2ccc(CC(=O)c3cc4cccn4cn3)cc2C2(COC(N)=N2)C12COC2. The molecule has 3 aliphatic heterocycles. The molecule has 2 N–H and O–H groups in total. The topological polar surface area (TPSA) is 100 Å². The van der Waals surface area contributed by atoms with Crippen molar-refractivity contribution in [2.75, 3.05) is 19.8 Å². The molecular formula is C24H24N4O4. The molecule has 1 fully saturated rings. The van der Waals surface area contributed by atoms with Gasteiger partial charge in [-0.2, -0.15) is 0 Å². The molecule has 6 rings (SSSR count). The summed E-state index contributed by atoms with van der Waals surface area (Å²) >= 11 is 0. The molecule has 2 aromatic heterocycles. The van der Waals surface area contributed by atoms with Crippen LogP contribution >= 0.6 is 0 Å². The van der Waals surface area contributed by atoms with Crippen molar-refractivity contribution >= 4 is 17.3 Å². The number of Topliss-reactive ketones (excluding diaryl/α,β-unsaturated/α-hetero) is 1. The highest BCUT2D eigenvalue weighted by Gasteiger charge is 2.71. The molecule has 1 saturated heterocycles. The van der Waals surface area contributed by atoms with Crippen molar-refractivity contribution in [3.8, 4) is 5.75 Å². The average Bonchev–Trinajstić information content (AvgIpc) is 3.33. The number of ketones is 1. The van der Waals surface area contributed by atoms with E-state index in [1.165, 1.54) is 0 Å². The van der Waals surface area contributed by atoms with Crippen molar-refractivity contribution in [1.29, 1.82) is 0 Å². The van der Waals surface area contributed by atoms with Gasteiger partial charge < -0.3 is 24.3 Å². The minimum Gasteiger partial charge on any atom is -0.487 e. The molecule has 32 heavy (non-hydrogen) atoms. The van der Waals surface area contributed by atoms with E-state index in [2.05, 4.69) is 18.8 Å². The van der Waals surface area contributed by atoms with Crippen LogP contribution in [0, 0.1) is 5.41 Å². The Labute approximate surface area is 185 Å². The highest BCUT2D eigenvalue weighted by Crippen LogP contribution is 2.62. The van der Waals surface area contributed by atoms with Gasteiger partial charge in [0.15, 0.2) is 5.78 Å². The summed E-state index contributed by atoms with van der Waals surface area (Å²) in [5, 5.41) is 0. The molecule has 5 heterocycles. The maximum Gasteiger partial charge on any atom is 0.283 e. The normalized spacial score (nSPS) is 24.5. The number of hydrogen-bond acceptors (Lipinski definition) is 7. The predicted octanol–water partition coefficient (Wildman–Crippen LogP) is 2.49. The zero-order chi connectivity index (χ0) is 22.1. The van der Waals surface area contributed by atoms with Gasteiger partial charge in [-0.25, -0.2) is 9.98 Å². The Morgan fingerprint density at radius 3 is 2.75 bits per heavy atom. The number of nitrogens with zero attached hydrogens (tertiary/aromatic N) is 3. The maximum absolute atomic E-state index is 13.0. The second kappa shape index (κ2) is 6.32. The lowest BCUT2D eigenvalue weighted by molar-refractivity contribution is -0.247. The Bertz CT molecular complexity index is 1290. The fraction of sp³-hybridized carbons (Fsp3) is 0.375. The maximum atomic E-state index is 13.0. The molecule has 3 aromatic rings. The van der Waals surface area contributed by atoms with Crippen LogP contribution in [0.5, 0.6) is 5.75 Å². The smallest absolute Gasteiger partial charge is 0.283 e. The first-order valence-electron chi connectivity index (χ1n) is 10.7. The highest BCUT2D eigenvalue weighted by atomic mass is 16.5. The van der Waals surface area contributed by atoms with E-state index in [-0.39, 0.29) is 18.2 Å². The third kappa shape index (κ3) is 2.44. The minimum absolute atomic E-state index is 0.0489. The summed E-state index contributed by atoms with van der Waals surface area (Å²) in [7, 11) is 0. The fourth-order valence-electron chi connectivity index (χ4n) is 5.30. The standard InChI is InChI=1S/C24H24N4O4/c1-22(2)23(11-30-12-23)24(13-31-21(25)27-24)17-8-15(5-6-20(17)32-22)9-19(29)18-10-16-4-3-7-28(16)14-26-18/h3-8,10,14H,9,11-13H2,1-2H3,(H2,25,27). The molecule has 0 bridgehead atoms. The Morgan fingerprint density at radius 1 is 1.19 bits per heavy atom. The van der Waals surface area contributed by atoms with Gasteiger partial charge >= 0.3 is 0 Å². The van der Waals surface area contributed by atoms with Crippen molar-refractivity contribution in [2.45, 2.75) is 31.4 Å². The van der Waals surface area contributed by atoms with Crippen LogP contribution in [0.15, 0.2) is 53.9 Å². The van der Waals surface area contributed by atoms with Gasteiger partial charge in [-0.15, -0.1) is 0 Å². The monoisotopic (exact) mass is 432 g/mol. The van der Waals surface area contributed by atoms with Crippen LogP contribution in [0.4, 0.5) is 0 Å². The van der Waals surface area contributed by atoms with E-state index in [9.17, 15) is 4.79 Å². The number of aromatic nitrogens is 2. The number of rotatable bonds is 3. The highest BCUT2D eigenvalue weighted by molar-refractivity contribution is 5.96. The summed E-state index contributed by atoms with van der Waals surface area (Å²) in [4.78, 5) is 22.1. The fourth-order valence-corrected chi connectivity index (χ4v) is 5.30. The van der Waals surface area contributed by atoms with Gasteiger partial charge in [-0.05, 0) is 49.7 Å².